The van der Waals surface area contributed by atoms with Crippen molar-refractivity contribution >= 4 is 17.5 Å². The van der Waals surface area contributed by atoms with Crippen LogP contribution in [0.15, 0.2) is 30.9 Å². The SMILES string of the molecule is C=CCNC(=O)C1(C(=O)Nc2c(CC)cccc2CC)CC1. The van der Waals surface area contributed by atoms with Gasteiger partial charge in [0.05, 0.1) is 0 Å². The van der Waals surface area contributed by atoms with Gasteiger partial charge in [-0.15, -0.1) is 6.58 Å². The van der Waals surface area contributed by atoms with Crippen LogP contribution in [-0.2, 0) is 22.4 Å². The van der Waals surface area contributed by atoms with E-state index in [-0.39, 0.29) is 11.8 Å². The first kappa shape index (κ1) is 16.3. The third-order valence-corrected chi connectivity index (χ3v) is 4.26. The Morgan fingerprint density at radius 3 is 2.23 bits per heavy atom. The fraction of sp³-hybridized carbons (Fsp3) is 0.444. The third kappa shape index (κ3) is 3.06. The first-order valence-electron chi connectivity index (χ1n) is 7.90. The molecule has 0 unspecified atom stereocenters. The highest BCUT2D eigenvalue weighted by molar-refractivity contribution is 6.13. The largest absolute Gasteiger partial charge is 0.352 e. The number of anilines is 1. The molecule has 0 spiro atoms. The molecule has 1 aliphatic rings. The molecule has 0 saturated heterocycles. The monoisotopic (exact) mass is 300 g/mol. The summed E-state index contributed by atoms with van der Waals surface area (Å²) >= 11 is 0. The Bertz CT molecular complexity index is 566. The highest BCUT2D eigenvalue weighted by Crippen LogP contribution is 2.47. The fourth-order valence-electron chi connectivity index (χ4n) is 2.65. The van der Waals surface area contributed by atoms with Crippen LogP contribution in [0.5, 0.6) is 0 Å². The van der Waals surface area contributed by atoms with E-state index in [4.69, 9.17) is 0 Å². The van der Waals surface area contributed by atoms with Crippen LogP contribution in [0, 0.1) is 5.41 Å². The number of carbonyl (C=O) groups excluding carboxylic acids is 2. The Morgan fingerprint density at radius 2 is 1.77 bits per heavy atom. The Kier molecular flexibility index (Phi) is 5.01. The minimum Gasteiger partial charge on any atom is -0.352 e. The van der Waals surface area contributed by atoms with Crippen LogP contribution < -0.4 is 10.6 Å². The van der Waals surface area contributed by atoms with Gasteiger partial charge in [0.25, 0.3) is 0 Å². The summed E-state index contributed by atoms with van der Waals surface area (Å²) in [5.74, 6) is -0.387. The first-order valence-corrected chi connectivity index (χ1v) is 7.90. The molecule has 2 N–H and O–H groups in total. The lowest BCUT2D eigenvalue weighted by atomic mass is 10.0. The molecule has 4 nitrogen and oxygen atoms in total. The number of para-hydroxylation sites is 1. The summed E-state index contributed by atoms with van der Waals surface area (Å²) in [5, 5.41) is 5.76. The Balaban J connectivity index is 2.19. The summed E-state index contributed by atoms with van der Waals surface area (Å²) in [4.78, 5) is 24.8. The zero-order valence-electron chi connectivity index (χ0n) is 13.4. The van der Waals surface area contributed by atoms with Crippen LogP contribution in [0.3, 0.4) is 0 Å². The predicted molar refractivity (Wildman–Crippen MR) is 88.7 cm³/mol. The molecule has 0 aromatic heterocycles. The van der Waals surface area contributed by atoms with E-state index in [0.717, 1.165) is 29.7 Å². The van der Waals surface area contributed by atoms with Gasteiger partial charge in [0.15, 0.2) is 0 Å². The summed E-state index contributed by atoms with van der Waals surface area (Å²) in [6, 6.07) is 6.05. The molecule has 1 aromatic carbocycles. The molecule has 1 aliphatic carbocycles. The van der Waals surface area contributed by atoms with Gasteiger partial charge in [-0.1, -0.05) is 38.1 Å². The van der Waals surface area contributed by atoms with E-state index in [1.165, 1.54) is 0 Å². The Morgan fingerprint density at radius 1 is 1.18 bits per heavy atom. The van der Waals surface area contributed by atoms with Gasteiger partial charge < -0.3 is 10.6 Å². The summed E-state index contributed by atoms with van der Waals surface area (Å²) < 4.78 is 0. The second kappa shape index (κ2) is 6.77. The van der Waals surface area contributed by atoms with Gasteiger partial charge in [0.1, 0.15) is 5.41 Å². The zero-order valence-corrected chi connectivity index (χ0v) is 13.4. The highest BCUT2D eigenvalue weighted by atomic mass is 16.2. The van der Waals surface area contributed by atoms with Gasteiger partial charge in [-0.2, -0.15) is 0 Å². The molecule has 0 radical (unpaired) electrons. The lowest BCUT2D eigenvalue weighted by Crippen LogP contribution is -2.40. The van der Waals surface area contributed by atoms with Gasteiger partial charge in [0.2, 0.25) is 11.8 Å². The summed E-state index contributed by atoms with van der Waals surface area (Å²) in [5.41, 5.74) is 2.19. The van der Waals surface area contributed by atoms with Crippen molar-refractivity contribution in [2.45, 2.75) is 39.5 Å². The topological polar surface area (TPSA) is 58.2 Å². The second-order valence-corrected chi connectivity index (χ2v) is 5.69. The first-order chi connectivity index (χ1) is 10.6. The Hall–Kier alpha value is -2.10. The number of hydrogen-bond acceptors (Lipinski definition) is 2. The maximum Gasteiger partial charge on any atom is 0.240 e. The van der Waals surface area contributed by atoms with E-state index in [0.29, 0.717) is 19.4 Å². The number of rotatable bonds is 7. The van der Waals surface area contributed by atoms with E-state index in [9.17, 15) is 9.59 Å². The Labute approximate surface area is 132 Å². The quantitative estimate of drug-likeness (QED) is 0.601. The van der Waals surface area contributed by atoms with Crippen LogP contribution in [-0.4, -0.2) is 18.4 Å². The maximum atomic E-state index is 12.6. The molecular formula is C18H24N2O2. The van der Waals surface area contributed by atoms with E-state index in [1.807, 2.05) is 18.2 Å². The van der Waals surface area contributed by atoms with Crippen molar-refractivity contribution in [2.24, 2.45) is 5.41 Å². The van der Waals surface area contributed by atoms with Crippen molar-refractivity contribution in [3.05, 3.63) is 42.0 Å². The molecule has 0 atom stereocenters. The number of benzene rings is 1. The maximum absolute atomic E-state index is 12.6. The number of carbonyl (C=O) groups is 2. The van der Waals surface area contributed by atoms with Crippen molar-refractivity contribution in [2.75, 3.05) is 11.9 Å². The molecule has 1 fully saturated rings. The summed E-state index contributed by atoms with van der Waals surface area (Å²) in [6.07, 6.45) is 4.53. The molecule has 0 aliphatic heterocycles. The van der Waals surface area contributed by atoms with Crippen LogP contribution in [0.4, 0.5) is 5.69 Å². The molecule has 1 aromatic rings. The van der Waals surface area contributed by atoms with Crippen molar-refractivity contribution in [3.8, 4) is 0 Å². The molecule has 4 heteroatoms. The summed E-state index contributed by atoms with van der Waals surface area (Å²) in [7, 11) is 0. The third-order valence-electron chi connectivity index (χ3n) is 4.26. The van der Waals surface area contributed by atoms with Crippen molar-refractivity contribution < 1.29 is 9.59 Å². The lowest BCUT2D eigenvalue weighted by molar-refractivity contribution is -0.134. The van der Waals surface area contributed by atoms with E-state index in [1.54, 1.807) is 6.08 Å². The van der Waals surface area contributed by atoms with E-state index >= 15 is 0 Å². The summed E-state index contributed by atoms with van der Waals surface area (Å²) in [6.45, 7) is 8.09. The van der Waals surface area contributed by atoms with Crippen LogP contribution in [0.2, 0.25) is 0 Å². The second-order valence-electron chi connectivity index (χ2n) is 5.69. The molecular weight excluding hydrogens is 276 g/mol. The molecule has 0 bridgehead atoms. The van der Waals surface area contributed by atoms with Gasteiger partial charge in [-0.3, -0.25) is 9.59 Å². The van der Waals surface area contributed by atoms with Crippen molar-refractivity contribution in [1.82, 2.24) is 5.32 Å². The van der Waals surface area contributed by atoms with Gasteiger partial charge in [-0.25, -0.2) is 0 Å². The molecule has 2 rings (SSSR count). The number of nitrogens with one attached hydrogen (secondary N) is 2. The number of amides is 2. The number of aryl methyl sites for hydroxylation is 2. The molecule has 0 heterocycles. The fourth-order valence-corrected chi connectivity index (χ4v) is 2.65. The molecule has 1 saturated carbocycles. The average Bonchev–Trinajstić information content (AvgIpc) is 3.34. The van der Waals surface area contributed by atoms with Crippen molar-refractivity contribution in [3.63, 3.8) is 0 Å². The van der Waals surface area contributed by atoms with E-state index in [2.05, 4.69) is 31.1 Å². The molecule has 118 valence electrons. The van der Waals surface area contributed by atoms with Crippen molar-refractivity contribution in [1.29, 1.82) is 0 Å². The predicted octanol–water partition coefficient (Wildman–Crippen LogP) is 2.83. The van der Waals surface area contributed by atoms with Gasteiger partial charge >= 0.3 is 0 Å². The van der Waals surface area contributed by atoms with Gasteiger partial charge in [-0.05, 0) is 36.8 Å². The minimum atomic E-state index is -0.894. The highest BCUT2D eigenvalue weighted by Gasteiger charge is 2.56. The van der Waals surface area contributed by atoms with Crippen LogP contribution in [0.1, 0.15) is 37.8 Å². The number of hydrogen-bond donors (Lipinski definition) is 2. The lowest BCUT2D eigenvalue weighted by Gasteiger charge is -2.18. The standard InChI is InChI=1S/C18H24N2O2/c1-4-12-19-16(21)18(10-11-18)17(22)20-15-13(5-2)8-7-9-14(15)6-3/h4,7-9H,1,5-6,10-12H2,2-3H3,(H,19,21)(H,20,22). The normalized spacial score (nSPS) is 15.0. The molecule has 2 amide bonds. The van der Waals surface area contributed by atoms with E-state index < -0.39 is 5.41 Å². The smallest absolute Gasteiger partial charge is 0.240 e. The van der Waals surface area contributed by atoms with Gasteiger partial charge in [0, 0.05) is 12.2 Å². The minimum absolute atomic E-state index is 0.190. The average molecular weight is 300 g/mol. The van der Waals surface area contributed by atoms with Crippen LogP contribution >= 0.6 is 0 Å². The van der Waals surface area contributed by atoms with Crippen LogP contribution in [0.25, 0.3) is 0 Å². The zero-order chi connectivity index (χ0) is 16.2. The molecule has 22 heavy (non-hydrogen) atoms.